The summed E-state index contributed by atoms with van der Waals surface area (Å²) in [6, 6.07) is 18.7. The largest absolute Gasteiger partial charge is 0.239 e. The van der Waals surface area contributed by atoms with E-state index in [0.29, 0.717) is 12.8 Å². The minimum Gasteiger partial charge on any atom is -0.239 e. The van der Waals surface area contributed by atoms with Gasteiger partial charge in [-0.1, -0.05) is 80.1 Å². The van der Waals surface area contributed by atoms with Gasteiger partial charge >= 0.3 is 0 Å². The molecule has 0 aromatic heterocycles. The van der Waals surface area contributed by atoms with Gasteiger partial charge in [0, 0.05) is 6.42 Å². The molecule has 1 unspecified atom stereocenters. The fraction of sp³-hybridized carbons (Fsp3) is 0.238. The molecule has 0 saturated carbocycles. The van der Waals surface area contributed by atoms with Crippen LogP contribution in [0.25, 0.3) is 16.7 Å². The second-order valence-corrected chi connectivity index (χ2v) is 5.89. The molecule has 1 aliphatic rings. The van der Waals surface area contributed by atoms with E-state index in [-0.39, 0.29) is 0 Å². The maximum Gasteiger partial charge on any atom is 0.132 e. The Balaban J connectivity index is 1.95. The molecule has 0 fully saturated rings. The van der Waals surface area contributed by atoms with Gasteiger partial charge in [-0.3, -0.25) is 0 Å². The van der Waals surface area contributed by atoms with Gasteiger partial charge in [-0.25, -0.2) is 4.39 Å². The molecule has 2 aromatic carbocycles. The normalized spacial score (nSPS) is 20.7. The smallest absolute Gasteiger partial charge is 0.132 e. The van der Waals surface area contributed by atoms with Gasteiger partial charge in [-0.2, -0.15) is 0 Å². The number of benzene rings is 2. The molecular weight excluding hydrogens is 271 g/mol. The van der Waals surface area contributed by atoms with Crippen LogP contribution in [0, 0.1) is 0 Å². The third-order valence-electron chi connectivity index (χ3n) is 4.21. The first-order valence-electron chi connectivity index (χ1n) is 7.95. The van der Waals surface area contributed by atoms with Crippen molar-refractivity contribution in [3.05, 3.63) is 78.4 Å². The van der Waals surface area contributed by atoms with Gasteiger partial charge in [0.05, 0.1) is 0 Å². The summed E-state index contributed by atoms with van der Waals surface area (Å²) in [7, 11) is 0. The highest BCUT2D eigenvalue weighted by atomic mass is 19.1. The molecule has 2 aromatic rings. The number of hydrogen-bond donors (Lipinski definition) is 0. The topological polar surface area (TPSA) is 0 Å². The third kappa shape index (κ3) is 3.04. The molecule has 112 valence electrons. The fourth-order valence-corrected chi connectivity index (χ4v) is 3.06. The molecule has 1 heteroatoms. The Kier molecular flexibility index (Phi) is 4.24. The second-order valence-electron chi connectivity index (χ2n) is 5.89. The first-order valence-corrected chi connectivity index (χ1v) is 7.95. The maximum atomic E-state index is 14.6. The molecule has 0 amide bonds. The van der Waals surface area contributed by atoms with E-state index < -0.39 is 5.67 Å². The van der Waals surface area contributed by atoms with Crippen LogP contribution in [0.2, 0.25) is 0 Å². The number of rotatable bonds is 4. The van der Waals surface area contributed by atoms with Crippen LogP contribution in [-0.4, -0.2) is 5.67 Å². The van der Waals surface area contributed by atoms with Crippen LogP contribution in [0.1, 0.15) is 31.7 Å². The lowest BCUT2D eigenvalue weighted by atomic mass is 9.86. The molecule has 0 N–H and O–H groups in total. The van der Waals surface area contributed by atoms with E-state index >= 15 is 0 Å². The Morgan fingerprint density at radius 2 is 1.64 bits per heavy atom. The highest BCUT2D eigenvalue weighted by molar-refractivity contribution is 5.86. The number of halogens is 1. The van der Waals surface area contributed by atoms with Crippen molar-refractivity contribution in [2.45, 2.75) is 31.9 Å². The van der Waals surface area contributed by atoms with Gasteiger partial charge in [0.2, 0.25) is 0 Å². The van der Waals surface area contributed by atoms with Crippen LogP contribution in [0.15, 0.2) is 72.8 Å². The van der Waals surface area contributed by atoms with Gasteiger partial charge in [0.25, 0.3) is 0 Å². The standard InChI is InChI=1S/C21H21F/c1-2-14-21(22)15-12-18(13-16-21)20-11-7-6-10-19(20)17-8-4-3-5-9-17/h3-13,15H,2,14,16H2,1H3. The molecule has 3 rings (SSSR count). The van der Waals surface area contributed by atoms with Crippen LogP contribution < -0.4 is 0 Å². The number of alkyl halides is 1. The van der Waals surface area contributed by atoms with Crippen LogP contribution in [0.4, 0.5) is 4.39 Å². The first kappa shape index (κ1) is 14.8. The van der Waals surface area contributed by atoms with E-state index in [1.807, 2.05) is 43.3 Å². The molecular formula is C21H21F. The maximum absolute atomic E-state index is 14.6. The summed E-state index contributed by atoms with van der Waals surface area (Å²) in [5.74, 6) is 0. The Morgan fingerprint density at radius 1 is 0.955 bits per heavy atom. The van der Waals surface area contributed by atoms with E-state index in [4.69, 9.17) is 0 Å². The van der Waals surface area contributed by atoms with E-state index in [9.17, 15) is 4.39 Å². The van der Waals surface area contributed by atoms with E-state index in [0.717, 1.165) is 12.0 Å². The van der Waals surface area contributed by atoms with E-state index in [1.54, 1.807) is 6.08 Å². The molecule has 22 heavy (non-hydrogen) atoms. The van der Waals surface area contributed by atoms with Crippen molar-refractivity contribution in [3.63, 3.8) is 0 Å². The Bertz CT molecular complexity index is 697. The van der Waals surface area contributed by atoms with Crippen LogP contribution in [0.3, 0.4) is 0 Å². The summed E-state index contributed by atoms with van der Waals surface area (Å²) in [5, 5.41) is 0. The van der Waals surface area contributed by atoms with Gasteiger partial charge in [-0.15, -0.1) is 0 Å². The number of hydrogen-bond acceptors (Lipinski definition) is 0. The quantitative estimate of drug-likeness (QED) is 0.629. The zero-order valence-corrected chi connectivity index (χ0v) is 12.9. The summed E-state index contributed by atoms with van der Waals surface area (Å²) < 4.78 is 14.6. The third-order valence-corrected chi connectivity index (χ3v) is 4.21. The minimum atomic E-state index is -1.17. The van der Waals surface area contributed by atoms with Gasteiger partial charge in [-0.05, 0) is 34.8 Å². The zero-order valence-electron chi connectivity index (χ0n) is 12.9. The average molecular weight is 292 g/mol. The Morgan fingerprint density at radius 3 is 2.27 bits per heavy atom. The van der Waals surface area contributed by atoms with Crippen molar-refractivity contribution in [1.82, 2.24) is 0 Å². The SMILES string of the molecule is CCCC1(F)C=CC(c2ccccc2-c2ccccc2)=CC1. The predicted octanol–water partition coefficient (Wildman–Crippen LogP) is 6.21. The summed E-state index contributed by atoms with van der Waals surface area (Å²) in [6.45, 7) is 2.03. The first-order chi connectivity index (χ1) is 10.7. The van der Waals surface area contributed by atoms with Crippen LogP contribution >= 0.6 is 0 Å². The van der Waals surface area contributed by atoms with Crippen molar-refractivity contribution >= 4 is 5.57 Å². The summed E-state index contributed by atoms with van der Waals surface area (Å²) in [4.78, 5) is 0. The molecule has 0 bridgehead atoms. The average Bonchev–Trinajstić information content (AvgIpc) is 2.56. The molecule has 0 saturated heterocycles. The minimum absolute atomic E-state index is 0.468. The molecule has 0 nitrogen and oxygen atoms in total. The lowest BCUT2D eigenvalue weighted by Crippen LogP contribution is -2.20. The molecule has 0 aliphatic heterocycles. The lowest BCUT2D eigenvalue weighted by Gasteiger charge is -2.24. The molecule has 1 aliphatic carbocycles. The van der Waals surface area contributed by atoms with Crippen molar-refractivity contribution in [3.8, 4) is 11.1 Å². The van der Waals surface area contributed by atoms with E-state index in [1.165, 1.54) is 16.7 Å². The van der Waals surface area contributed by atoms with Crippen LogP contribution in [-0.2, 0) is 0 Å². The molecule has 0 radical (unpaired) electrons. The van der Waals surface area contributed by atoms with Crippen molar-refractivity contribution < 1.29 is 4.39 Å². The second kappa shape index (κ2) is 6.31. The molecule has 0 spiro atoms. The van der Waals surface area contributed by atoms with Gasteiger partial charge < -0.3 is 0 Å². The lowest BCUT2D eigenvalue weighted by molar-refractivity contribution is 0.214. The summed E-state index contributed by atoms with van der Waals surface area (Å²) in [6.07, 6.45) is 7.65. The number of allylic oxidation sites excluding steroid dienone is 4. The van der Waals surface area contributed by atoms with Crippen LogP contribution in [0.5, 0.6) is 0 Å². The molecule has 0 heterocycles. The Labute approximate surface area is 132 Å². The van der Waals surface area contributed by atoms with Gasteiger partial charge in [0.1, 0.15) is 5.67 Å². The Hall–Kier alpha value is -2.15. The predicted molar refractivity (Wildman–Crippen MR) is 92.4 cm³/mol. The monoisotopic (exact) mass is 292 g/mol. The fourth-order valence-electron chi connectivity index (χ4n) is 3.06. The van der Waals surface area contributed by atoms with E-state index in [2.05, 4.69) is 30.3 Å². The summed E-state index contributed by atoms with van der Waals surface area (Å²) in [5.41, 5.74) is 3.51. The van der Waals surface area contributed by atoms with Gasteiger partial charge in [0.15, 0.2) is 0 Å². The summed E-state index contributed by atoms with van der Waals surface area (Å²) >= 11 is 0. The highest BCUT2D eigenvalue weighted by Crippen LogP contribution is 2.36. The van der Waals surface area contributed by atoms with Crippen molar-refractivity contribution in [2.75, 3.05) is 0 Å². The molecule has 1 atom stereocenters. The zero-order chi connectivity index (χ0) is 15.4. The van der Waals surface area contributed by atoms with Crippen molar-refractivity contribution in [2.24, 2.45) is 0 Å². The van der Waals surface area contributed by atoms with Crippen molar-refractivity contribution in [1.29, 1.82) is 0 Å². The highest BCUT2D eigenvalue weighted by Gasteiger charge is 2.26.